The quantitative estimate of drug-likeness (QED) is 0.401. The third-order valence-electron chi connectivity index (χ3n) is 6.27. The fourth-order valence-electron chi connectivity index (χ4n) is 4.51. The van der Waals surface area contributed by atoms with E-state index in [0.717, 1.165) is 24.2 Å². The number of fused-ring (bicyclic) bond motifs is 1. The first-order valence-electron chi connectivity index (χ1n) is 11.8. The van der Waals surface area contributed by atoms with Gasteiger partial charge in [0, 0.05) is 25.1 Å². The summed E-state index contributed by atoms with van der Waals surface area (Å²) in [5, 5.41) is 14.5. The highest BCUT2D eigenvalue weighted by Crippen LogP contribution is 2.35. The van der Waals surface area contributed by atoms with Gasteiger partial charge in [-0.25, -0.2) is 14.6 Å². The van der Waals surface area contributed by atoms with Gasteiger partial charge in [0.05, 0.1) is 17.8 Å². The number of piperidine rings is 1. The van der Waals surface area contributed by atoms with E-state index in [1.807, 2.05) is 59.3 Å². The minimum atomic E-state index is -0.980. The first-order valence-corrected chi connectivity index (χ1v) is 11.8. The summed E-state index contributed by atoms with van der Waals surface area (Å²) in [5.74, 6) is 0.628. The maximum atomic E-state index is 12.6. The highest BCUT2D eigenvalue weighted by Gasteiger charge is 2.28. The summed E-state index contributed by atoms with van der Waals surface area (Å²) in [6.45, 7) is 1.03. The van der Waals surface area contributed by atoms with Gasteiger partial charge < -0.3 is 20.5 Å². The van der Waals surface area contributed by atoms with Crippen molar-refractivity contribution in [2.45, 2.75) is 31.7 Å². The summed E-state index contributed by atoms with van der Waals surface area (Å²) < 4.78 is 7.73. The smallest absolute Gasteiger partial charge is 0.303 e. The average molecular weight is 487 g/mol. The first-order chi connectivity index (χ1) is 17.5. The van der Waals surface area contributed by atoms with Gasteiger partial charge in [-0.3, -0.25) is 9.59 Å². The van der Waals surface area contributed by atoms with E-state index in [1.165, 1.54) is 6.33 Å². The maximum absolute atomic E-state index is 12.6. The molecule has 0 unspecified atom stereocenters. The molecule has 10 heteroatoms. The lowest BCUT2D eigenvalue weighted by molar-refractivity contribution is -0.141. The molecule has 10 nitrogen and oxygen atoms in total. The Hall–Kier alpha value is -4.47. The van der Waals surface area contributed by atoms with E-state index in [9.17, 15) is 9.59 Å². The molecule has 2 aromatic carbocycles. The normalized spacial score (nSPS) is 15.7. The molecule has 1 saturated heterocycles. The topological polar surface area (TPSA) is 136 Å². The van der Waals surface area contributed by atoms with Gasteiger partial charge in [-0.1, -0.05) is 18.2 Å². The van der Waals surface area contributed by atoms with Gasteiger partial charge in [-0.05, 0) is 49.2 Å². The number of aliphatic carboxylic acids is 1. The number of hydrogen-bond acceptors (Lipinski definition) is 7. The van der Waals surface area contributed by atoms with Crippen molar-refractivity contribution < 1.29 is 19.4 Å². The van der Waals surface area contributed by atoms with Crippen LogP contribution < -0.4 is 10.5 Å². The number of carboxylic acids is 1. The zero-order chi connectivity index (χ0) is 25.1. The number of benzene rings is 2. The first kappa shape index (κ1) is 23.3. The lowest BCUT2D eigenvalue weighted by atomic mass is 10.1. The molecule has 4 aromatic rings. The number of likely N-dealkylation sites (tertiary alicyclic amines) is 1. The molecule has 5 rings (SSSR count). The Labute approximate surface area is 207 Å². The van der Waals surface area contributed by atoms with Crippen LogP contribution in [0.4, 0.5) is 5.82 Å². The Morgan fingerprint density at radius 3 is 2.53 bits per heavy atom. The largest absolute Gasteiger partial charge is 0.481 e. The number of ether oxygens (including phenoxy) is 1. The Bertz CT molecular complexity index is 1390. The van der Waals surface area contributed by atoms with Gasteiger partial charge in [0.1, 0.15) is 29.3 Å². The molecule has 0 saturated carbocycles. The molecule has 0 radical (unpaired) electrons. The summed E-state index contributed by atoms with van der Waals surface area (Å²) in [6, 6.07) is 17.0. The van der Waals surface area contributed by atoms with E-state index in [1.54, 1.807) is 4.90 Å². The van der Waals surface area contributed by atoms with E-state index in [0.29, 0.717) is 41.4 Å². The minimum Gasteiger partial charge on any atom is -0.481 e. The van der Waals surface area contributed by atoms with Crippen LogP contribution in [0.3, 0.4) is 0 Å². The molecule has 0 aliphatic carbocycles. The molecule has 1 atom stereocenters. The van der Waals surface area contributed by atoms with Crippen molar-refractivity contribution in [1.29, 1.82) is 0 Å². The number of anilines is 1. The molecule has 1 fully saturated rings. The highest BCUT2D eigenvalue weighted by atomic mass is 16.5. The molecular weight excluding hydrogens is 460 g/mol. The van der Waals surface area contributed by atoms with Crippen molar-refractivity contribution in [3.8, 4) is 22.8 Å². The van der Waals surface area contributed by atoms with Gasteiger partial charge in [0.15, 0.2) is 5.65 Å². The zero-order valence-electron chi connectivity index (χ0n) is 19.6. The standard InChI is InChI=1S/C26H26N6O4/c27-25-23-24(17-8-10-20(11-9-17)36-19-6-2-1-3-7-19)30-32(26(23)29-16-28-25)18-5-4-14-31(15-18)21(33)12-13-22(34)35/h1-3,6-11,16,18H,4-5,12-15H2,(H,34,35)(H2,27,28,29)/t18-/m1/s1. The van der Waals surface area contributed by atoms with E-state index in [-0.39, 0.29) is 24.8 Å². The molecule has 3 N–H and O–H groups in total. The summed E-state index contributed by atoms with van der Waals surface area (Å²) in [4.78, 5) is 33.8. The summed E-state index contributed by atoms with van der Waals surface area (Å²) >= 11 is 0. The highest BCUT2D eigenvalue weighted by molar-refractivity contribution is 5.98. The summed E-state index contributed by atoms with van der Waals surface area (Å²) in [7, 11) is 0. The fraction of sp³-hybridized carbons (Fsp3) is 0.269. The number of carboxylic acid groups (broad SMARTS) is 1. The Balaban J connectivity index is 1.43. The maximum Gasteiger partial charge on any atom is 0.303 e. The Morgan fingerprint density at radius 2 is 1.78 bits per heavy atom. The van der Waals surface area contributed by atoms with Crippen LogP contribution in [0.2, 0.25) is 0 Å². The van der Waals surface area contributed by atoms with Crippen LogP contribution in [-0.2, 0) is 9.59 Å². The molecule has 2 aromatic heterocycles. The predicted molar refractivity (Wildman–Crippen MR) is 133 cm³/mol. The van der Waals surface area contributed by atoms with E-state index < -0.39 is 5.97 Å². The molecule has 36 heavy (non-hydrogen) atoms. The van der Waals surface area contributed by atoms with Crippen LogP contribution in [-0.4, -0.2) is 54.7 Å². The average Bonchev–Trinajstić information content (AvgIpc) is 3.29. The molecule has 184 valence electrons. The Morgan fingerprint density at radius 1 is 1.03 bits per heavy atom. The summed E-state index contributed by atoms with van der Waals surface area (Å²) in [6.07, 6.45) is 2.82. The van der Waals surface area contributed by atoms with E-state index in [2.05, 4.69) is 9.97 Å². The number of carbonyl (C=O) groups excluding carboxylic acids is 1. The molecule has 0 spiro atoms. The number of carbonyl (C=O) groups is 2. The van der Waals surface area contributed by atoms with Gasteiger partial charge in [-0.15, -0.1) is 0 Å². The van der Waals surface area contributed by atoms with E-state index in [4.69, 9.17) is 20.7 Å². The van der Waals surface area contributed by atoms with Gasteiger partial charge >= 0.3 is 5.97 Å². The molecule has 1 aliphatic rings. The second-order valence-corrected chi connectivity index (χ2v) is 8.72. The van der Waals surface area contributed by atoms with Crippen molar-refractivity contribution in [2.24, 2.45) is 0 Å². The number of amides is 1. The lowest BCUT2D eigenvalue weighted by Gasteiger charge is -2.33. The second-order valence-electron chi connectivity index (χ2n) is 8.72. The number of nitrogens with zero attached hydrogens (tertiary/aromatic N) is 5. The van der Waals surface area contributed by atoms with Crippen molar-refractivity contribution in [3.63, 3.8) is 0 Å². The van der Waals surface area contributed by atoms with Crippen LogP contribution in [0.1, 0.15) is 31.7 Å². The number of nitrogen functional groups attached to an aromatic ring is 1. The third kappa shape index (κ3) is 4.83. The number of rotatable bonds is 7. The van der Waals surface area contributed by atoms with Crippen LogP contribution >= 0.6 is 0 Å². The zero-order valence-corrected chi connectivity index (χ0v) is 19.6. The monoisotopic (exact) mass is 486 g/mol. The summed E-state index contributed by atoms with van der Waals surface area (Å²) in [5.41, 5.74) is 8.36. The second kappa shape index (κ2) is 10.0. The molecule has 1 amide bonds. The number of hydrogen-bond donors (Lipinski definition) is 2. The molecular formula is C26H26N6O4. The van der Waals surface area contributed by atoms with Gasteiger partial charge in [0.25, 0.3) is 0 Å². The van der Waals surface area contributed by atoms with Crippen LogP contribution in [0.15, 0.2) is 60.9 Å². The predicted octanol–water partition coefficient (Wildman–Crippen LogP) is 3.90. The van der Waals surface area contributed by atoms with Crippen molar-refractivity contribution in [2.75, 3.05) is 18.8 Å². The number of nitrogens with two attached hydrogens (primary N) is 1. The van der Waals surface area contributed by atoms with Gasteiger partial charge in [0.2, 0.25) is 5.91 Å². The third-order valence-corrected chi connectivity index (χ3v) is 6.27. The van der Waals surface area contributed by atoms with E-state index >= 15 is 0 Å². The van der Waals surface area contributed by atoms with Crippen LogP contribution in [0, 0.1) is 0 Å². The van der Waals surface area contributed by atoms with Gasteiger partial charge in [-0.2, -0.15) is 5.10 Å². The number of para-hydroxylation sites is 1. The van der Waals surface area contributed by atoms with Crippen LogP contribution in [0.25, 0.3) is 22.3 Å². The fourth-order valence-corrected chi connectivity index (χ4v) is 4.51. The van der Waals surface area contributed by atoms with Crippen molar-refractivity contribution >= 4 is 28.7 Å². The van der Waals surface area contributed by atoms with Crippen molar-refractivity contribution in [3.05, 3.63) is 60.9 Å². The minimum absolute atomic E-state index is 0.0142. The Kier molecular flexibility index (Phi) is 6.48. The lowest BCUT2D eigenvalue weighted by Crippen LogP contribution is -2.41. The molecule has 3 heterocycles. The number of aromatic nitrogens is 4. The SMILES string of the molecule is Nc1ncnc2c1c(-c1ccc(Oc3ccccc3)cc1)nn2[C@@H]1CCCN(C(=O)CCC(=O)O)C1. The van der Waals surface area contributed by atoms with Crippen LogP contribution in [0.5, 0.6) is 11.5 Å². The molecule has 1 aliphatic heterocycles. The molecule has 0 bridgehead atoms. The van der Waals surface area contributed by atoms with Crippen molar-refractivity contribution in [1.82, 2.24) is 24.6 Å².